The van der Waals surface area contributed by atoms with Gasteiger partial charge in [-0.05, 0) is 44.2 Å². The summed E-state index contributed by atoms with van der Waals surface area (Å²) in [4.78, 5) is 16.4. The summed E-state index contributed by atoms with van der Waals surface area (Å²) in [6.45, 7) is 4.13. The van der Waals surface area contributed by atoms with Gasteiger partial charge in [-0.1, -0.05) is 24.3 Å². The van der Waals surface area contributed by atoms with E-state index < -0.39 is 0 Å². The molecule has 0 radical (unpaired) electrons. The number of benzene rings is 2. The minimum atomic E-state index is -0.313. The van der Waals surface area contributed by atoms with E-state index in [2.05, 4.69) is 10.3 Å². The van der Waals surface area contributed by atoms with Crippen LogP contribution >= 0.6 is 0 Å². The largest absolute Gasteiger partial charge is 1.00 e. The summed E-state index contributed by atoms with van der Waals surface area (Å²) in [7, 11) is 0. The zero-order chi connectivity index (χ0) is 16.2. The van der Waals surface area contributed by atoms with Gasteiger partial charge in [-0.3, -0.25) is 4.98 Å². The van der Waals surface area contributed by atoms with Gasteiger partial charge in [-0.25, -0.2) is 4.79 Å². The van der Waals surface area contributed by atoms with Crippen LogP contribution in [0.3, 0.4) is 0 Å². The number of hydrogen-bond acceptors (Lipinski definition) is 4. The molecular formula is C19H18ClN2O2-. The number of hydrogen-bond donors (Lipinski definition) is 1. The molecule has 0 atom stereocenters. The van der Waals surface area contributed by atoms with Crippen molar-refractivity contribution in [1.29, 1.82) is 0 Å². The zero-order valence-electron chi connectivity index (χ0n) is 13.5. The second-order valence-electron chi connectivity index (χ2n) is 5.25. The van der Waals surface area contributed by atoms with Crippen molar-refractivity contribution >= 4 is 28.2 Å². The molecule has 4 nitrogen and oxygen atoms in total. The fourth-order valence-corrected chi connectivity index (χ4v) is 2.51. The molecule has 3 aromatic rings. The summed E-state index contributed by atoms with van der Waals surface area (Å²) in [6, 6.07) is 17.3. The maximum atomic E-state index is 11.9. The Kier molecular flexibility index (Phi) is 5.77. The van der Waals surface area contributed by atoms with Crippen LogP contribution in [0.25, 0.3) is 10.9 Å². The number of nitrogens with one attached hydrogen (secondary N) is 1. The third kappa shape index (κ3) is 3.84. The van der Waals surface area contributed by atoms with Gasteiger partial charge in [-0.15, -0.1) is 0 Å². The van der Waals surface area contributed by atoms with E-state index in [0.29, 0.717) is 12.2 Å². The first kappa shape index (κ1) is 17.8. The fourth-order valence-electron chi connectivity index (χ4n) is 2.51. The molecule has 1 aromatic heterocycles. The third-order valence-electron chi connectivity index (χ3n) is 3.50. The number of nitrogens with zero attached hydrogens (tertiary/aromatic N) is 1. The number of aryl methyl sites for hydroxylation is 1. The predicted octanol–water partition coefficient (Wildman–Crippen LogP) is 1.47. The molecule has 24 heavy (non-hydrogen) atoms. The van der Waals surface area contributed by atoms with Gasteiger partial charge in [0, 0.05) is 22.5 Å². The molecule has 0 spiro atoms. The normalized spacial score (nSPS) is 10.1. The maximum Gasteiger partial charge on any atom is 0.338 e. The monoisotopic (exact) mass is 341 g/mol. The molecule has 5 heteroatoms. The van der Waals surface area contributed by atoms with Crippen LogP contribution in [-0.2, 0) is 4.74 Å². The lowest BCUT2D eigenvalue weighted by atomic mass is 10.1. The minimum absolute atomic E-state index is 0. The van der Waals surface area contributed by atoms with Crippen molar-refractivity contribution in [2.75, 3.05) is 11.9 Å². The van der Waals surface area contributed by atoms with Crippen molar-refractivity contribution in [3.63, 3.8) is 0 Å². The Hall–Kier alpha value is -2.59. The van der Waals surface area contributed by atoms with Crippen LogP contribution in [-0.4, -0.2) is 17.6 Å². The summed E-state index contributed by atoms with van der Waals surface area (Å²) in [5, 5.41) is 4.42. The Morgan fingerprint density at radius 3 is 2.71 bits per heavy atom. The van der Waals surface area contributed by atoms with E-state index in [4.69, 9.17) is 4.74 Å². The van der Waals surface area contributed by atoms with Gasteiger partial charge < -0.3 is 22.5 Å². The lowest BCUT2D eigenvalue weighted by molar-refractivity contribution is -0.0000227. The molecule has 0 unspecified atom stereocenters. The van der Waals surface area contributed by atoms with Crippen LogP contribution in [0.1, 0.15) is 23.0 Å². The predicted molar refractivity (Wildman–Crippen MR) is 92.2 cm³/mol. The van der Waals surface area contributed by atoms with Crippen molar-refractivity contribution in [2.24, 2.45) is 0 Å². The van der Waals surface area contributed by atoms with Crippen LogP contribution in [0.5, 0.6) is 0 Å². The standard InChI is InChI=1S/C19H18N2O2.ClH/c1-3-23-19(22)14-7-6-8-15(12-14)21-18-11-13(2)20-17-10-5-4-9-16(17)18;/h4-12H,3H2,1-2H3,(H,20,21);1H/p-1. The first-order valence-corrected chi connectivity index (χ1v) is 7.58. The fraction of sp³-hybridized carbons (Fsp3) is 0.158. The number of ether oxygens (including phenoxy) is 1. The van der Waals surface area contributed by atoms with Crippen molar-refractivity contribution in [3.8, 4) is 0 Å². The van der Waals surface area contributed by atoms with Crippen LogP contribution in [0, 0.1) is 6.92 Å². The smallest absolute Gasteiger partial charge is 0.338 e. The number of fused-ring (bicyclic) bond motifs is 1. The summed E-state index contributed by atoms with van der Waals surface area (Å²) < 4.78 is 5.05. The molecule has 0 aliphatic rings. The zero-order valence-corrected chi connectivity index (χ0v) is 14.3. The van der Waals surface area contributed by atoms with Crippen LogP contribution in [0.15, 0.2) is 54.6 Å². The Morgan fingerprint density at radius 1 is 1.12 bits per heavy atom. The molecule has 0 aliphatic carbocycles. The summed E-state index contributed by atoms with van der Waals surface area (Å²) in [6.07, 6.45) is 0. The number of anilines is 2. The maximum absolute atomic E-state index is 11.9. The quantitative estimate of drug-likeness (QED) is 0.730. The van der Waals surface area contributed by atoms with Crippen molar-refractivity contribution in [3.05, 3.63) is 65.9 Å². The molecule has 0 saturated heterocycles. The topological polar surface area (TPSA) is 51.2 Å². The van der Waals surface area contributed by atoms with Gasteiger partial charge in [0.25, 0.3) is 0 Å². The lowest BCUT2D eigenvalue weighted by Crippen LogP contribution is -3.00. The van der Waals surface area contributed by atoms with Gasteiger partial charge >= 0.3 is 5.97 Å². The van der Waals surface area contributed by atoms with Gasteiger partial charge in [0.15, 0.2) is 0 Å². The van der Waals surface area contributed by atoms with E-state index in [1.54, 1.807) is 19.1 Å². The van der Waals surface area contributed by atoms with Crippen LogP contribution in [0.4, 0.5) is 11.4 Å². The number of carbonyl (C=O) groups excluding carboxylic acids is 1. The SMILES string of the molecule is CCOC(=O)c1cccc(Nc2cc(C)nc3ccccc23)c1.[Cl-]. The molecule has 0 fully saturated rings. The first-order valence-electron chi connectivity index (χ1n) is 7.58. The average Bonchev–Trinajstić information content (AvgIpc) is 2.55. The van der Waals surface area contributed by atoms with Crippen molar-refractivity contribution in [2.45, 2.75) is 13.8 Å². The molecule has 2 aromatic carbocycles. The van der Waals surface area contributed by atoms with Gasteiger partial charge in [-0.2, -0.15) is 0 Å². The van der Waals surface area contributed by atoms with Crippen molar-refractivity contribution < 1.29 is 21.9 Å². The number of para-hydroxylation sites is 1. The van der Waals surface area contributed by atoms with E-state index in [1.807, 2.05) is 49.4 Å². The summed E-state index contributed by atoms with van der Waals surface area (Å²) in [5.41, 5.74) is 4.22. The number of rotatable bonds is 4. The van der Waals surface area contributed by atoms with Gasteiger partial charge in [0.1, 0.15) is 0 Å². The highest BCUT2D eigenvalue weighted by Gasteiger charge is 2.08. The number of aromatic nitrogens is 1. The molecule has 3 rings (SSSR count). The van der Waals surface area contributed by atoms with E-state index in [1.165, 1.54) is 0 Å². The van der Waals surface area contributed by atoms with E-state index in [9.17, 15) is 4.79 Å². The highest BCUT2D eigenvalue weighted by molar-refractivity contribution is 5.94. The van der Waals surface area contributed by atoms with Crippen LogP contribution in [0.2, 0.25) is 0 Å². The highest BCUT2D eigenvalue weighted by Crippen LogP contribution is 2.26. The molecule has 124 valence electrons. The van der Waals surface area contributed by atoms with Crippen LogP contribution < -0.4 is 17.7 Å². The lowest BCUT2D eigenvalue weighted by Gasteiger charge is -2.11. The minimum Gasteiger partial charge on any atom is -1.00 e. The number of halogens is 1. The van der Waals surface area contributed by atoms with E-state index in [0.717, 1.165) is 28.0 Å². The second kappa shape index (κ2) is 7.79. The average molecular weight is 342 g/mol. The Morgan fingerprint density at radius 2 is 1.92 bits per heavy atom. The molecule has 0 aliphatic heterocycles. The molecule has 1 N–H and O–H groups in total. The highest BCUT2D eigenvalue weighted by atomic mass is 35.5. The first-order chi connectivity index (χ1) is 11.2. The third-order valence-corrected chi connectivity index (χ3v) is 3.50. The number of esters is 1. The van der Waals surface area contributed by atoms with Crippen molar-refractivity contribution in [1.82, 2.24) is 4.98 Å². The Balaban J connectivity index is 0.00000208. The molecule has 1 heterocycles. The van der Waals surface area contributed by atoms with E-state index in [-0.39, 0.29) is 18.4 Å². The van der Waals surface area contributed by atoms with Gasteiger partial charge in [0.2, 0.25) is 0 Å². The molecular weight excluding hydrogens is 324 g/mol. The Bertz CT molecular complexity index is 865. The summed E-state index contributed by atoms with van der Waals surface area (Å²) >= 11 is 0. The summed E-state index contributed by atoms with van der Waals surface area (Å²) in [5.74, 6) is -0.313. The second-order valence-corrected chi connectivity index (χ2v) is 5.25. The number of carbonyl (C=O) groups is 1. The molecule has 0 amide bonds. The van der Waals surface area contributed by atoms with E-state index >= 15 is 0 Å². The molecule has 0 bridgehead atoms. The molecule has 0 saturated carbocycles. The number of pyridine rings is 1. The Labute approximate surface area is 147 Å². The van der Waals surface area contributed by atoms with Gasteiger partial charge in [0.05, 0.1) is 17.7 Å².